The lowest BCUT2D eigenvalue weighted by Gasteiger charge is -2.43. The van der Waals surface area contributed by atoms with Crippen molar-refractivity contribution in [2.24, 2.45) is 0 Å². The summed E-state index contributed by atoms with van der Waals surface area (Å²) in [6, 6.07) is 0.313. The Morgan fingerprint density at radius 3 is 2.00 bits per heavy atom. The van der Waals surface area contributed by atoms with Crippen LogP contribution >= 0.6 is 0 Å². The molecule has 0 spiro atoms. The third kappa shape index (κ3) is 7.66. The first-order valence-corrected chi connectivity index (χ1v) is 11.1. The molecule has 1 aromatic rings. The molecule has 198 valence electrons. The average Bonchev–Trinajstić information content (AvgIpc) is 2.73. The second-order valence-corrected chi connectivity index (χ2v) is 9.43. The number of piperidine rings is 1. The smallest absolute Gasteiger partial charge is 0.416 e. The van der Waals surface area contributed by atoms with Crippen LogP contribution in [-0.4, -0.2) is 53.3 Å². The van der Waals surface area contributed by atoms with Crippen LogP contribution in [0.15, 0.2) is 18.2 Å². The van der Waals surface area contributed by atoms with Crippen LogP contribution in [0.3, 0.4) is 0 Å². The highest BCUT2D eigenvalue weighted by atomic mass is 19.4. The minimum atomic E-state index is -5.00. The monoisotopic (exact) mass is 512 g/mol. The van der Waals surface area contributed by atoms with Gasteiger partial charge in [-0.25, -0.2) is 9.59 Å². The van der Waals surface area contributed by atoms with Crippen LogP contribution in [0.4, 0.5) is 35.9 Å². The highest BCUT2D eigenvalue weighted by molar-refractivity contribution is 5.69. The molecule has 1 fully saturated rings. The van der Waals surface area contributed by atoms with Crippen molar-refractivity contribution in [2.75, 3.05) is 13.7 Å². The number of amides is 2. The van der Waals surface area contributed by atoms with E-state index < -0.39 is 53.9 Å². The van der Waals surface area contributed by atoms with E-state index >= 15 is 0 Å². The molecule has 1 saturated heterocycles. The zero-order chi connectivity index (χ0) is 26.8. The summed E-state index contributed by atoms with van der Waals surface area (Å²) in [5.74, 6) is 0. The zero-order valence-corrected chi connectivity index (χ0v) is 20.2. The van der Waals surface area contributed by atoms with Gasteiger partial charge in [0.15, 0.2) is 0 Å². The van der Waals surface area contributed by atoms with Gasteiger partial charge >= 0.3 is 24.5 Å². The fourth-order valence-electron chi connectivity index (χ4n) is 4.03. The van der Waals surface area contributed by atoms with Crippen LogP contribution in [-0.2, 0) is 28.4 Å². The SMILES string of the molecule is CC[C@@H]1C[C@H](N(Cc2cc(C(F)(F)F)cc(C(F)(F)F)c2)C(=O)OC)CCN1C(=O)OC(C)(C)C. The Hall–Kier alpha value is -2.66. The Kier molecular flexibility index (Phi) is 8.60. The van der Waals surface area contributed by atoms with Gasteiger partial charge in [0.25, 0.3) is 0 Å². The lowest BCUT2D eigenvalue weighted by Crippen LogP contribution is -2.53. The van der Waals surface area contributed by atoms with Gasteiger partial charge in [0.2, 0.25) is 0 Å². The van der Waals surface area contributed by atoms with Gasteiger partial charge in [-0.15, -0.1) is 0 Å². The van der Waals surface area contributed by atoms with Crippen molar-refractivity contribution in [3.05, 3.63) is 34.9 Å². The lowest BCUT2D eigenvalue weighted by atomic mass is 9.94. The van der Waals surface area contributed by atoms with Crippen LogP contribution in [0.1, 0.15) is 63.6 Å². The summed E-state index contributed by atoms with van der Waals surface area (Å²) in [6.45, 7) is 6.68. The molecule has 6 nitrogen and oxygen atoms in total. The van der Waals surface area contributed by atoms with Gasteiger partial charge in [-0.1, -0.05) is 6.92 Å². The van der Waals surface area contributed by atoms with E-state index in [9.17, 15) is 35.9 Å². The summed E-state index contributed by atoms with van der Waals surface area (Å²) in [6.07, 6.45) is -10.4. The van der Waals surface area contributed by atoms with Crippen molar-refractivity contribution in [1.82, 2.24) is 9.80 Å². The Morgan fingerprint density at radius 2 is 1.57 bits per heavy atom. The predicted molar refractivity (Wildman–Crippen MR) is 114 cm³/mol. The van der Waals surface area contributed by atoms with Crippen molar-refractivity contribution in [1.29, 1.82) is 0 Å². The van der Waals surface area contributed by atoms with Crippen LogP contribution in [0.2, 0.25) is 0 Å². The standard InChI is InChI=1S/C23H30F6N2O4/c1-6-17-12-18(7-8-30(17)20(33)35-21(2,3)4)31(19(32)34-5)13-14-9-15(22(24,25)26)11-16(10-14)23(27,28)29/h9-11,17-18H,6-8,12-13H2,1-5H3/t17-,18-/m1/s1. The van der Waals surface area contributed by atoms with Crippen molar-refractivity contribution < 1.29 is 45.4 Å². The normalized spacial score (nSPS) is 19.3. The van der Waals surface area contributed by atoms with E-state index in [2.05, 4.69) is 0 Å². The number of benzene rings is 1. The van der Waals surface area contributed by atoms with Crippen LogP contribution in [0.5, 0.6) is 0 Å². The van der Waals surface area contributed by atoms with E-state index in [1.165, 1.54) is 4.90 Å². The van der Waals surface area contributed by atoms with E-state index in [1.54, 1.807) is 20.8 Å². The molecule has 0 aliphatic carbocycles. The fraction of sp³-hybridized carbons (Fsp3) is 0.652. The van der Waals surface area contributed by atoms with Crippen molar-refractivity contribution >= 4 is 12.2 Å². The van der Waals surface area contributed by atoms with Crippen molar-refractivity contribution in [3.8, 4) is 0 Å². The number of alkyl halides is 6. The minimum absolute atomic E-state index is 0.0401. The molecule has 0 aromatic heterocycles. The molecule has 12 heteroatoms. The van der Waals surface area contributed by atoms with Gasteiger partial charge in [-0.2, -0.15) is 26.3 Å². The molecule has 35 heavy (non-hydrogen) atoms. The molecule has 0 N–H and O–H groups in total. The minimum Gasteiger partial charge on any atom is -0.453 e. The number of likely N-dealkylation sites (tertiary alicyclic amines) is 1. The molecule has 1 aliphatic heterocycles. The number of rotatable bonds is 4. The molecule has 1 aromatic carbocycles. The van der Waals surface area contributed by atoms with Gasteiger partial charge in [0.1, 0.15) is 5.60 Å². The number of hydrogen-bond donors (Lipinski definition) is 0. The number of carbonyl (C=O) groups excluding carboxylic acids is 2. The number of halogens is 6. The van der Waals surface area contributed by atoms with E-state index in [1.807, 2.05) is 6.92 Å². The van der Waals surface area contributed by atoms with Crippen molar-refractivity contribution in [2.45, 2.75) is 83.5 Å². The highest BCUT2D eigenvalue weighted by Crippen LogP contribution is 2.37. The number of ether oxygens (including phenoxy) is 2. The molecular formula is C23H30F6N2O4. The Balaban J connectivity index is 2.34. The average molecular weight is 512 g/mol. The Labute approximate surface area is 200 Å². The van der Waals surface area contributed by atoms with Crippen LogP contribution in [0, 0.1) is 0 Å². The first-order valence-electron chi connectivity index (χ1n) is 11.1. The molecule has 0 unspecified atom stereocenters. The van der Waals surface area contributed by atoms with E-state index in [0.717, 1.165) is 12.0 Å². The molecule has 0 bridgehead atoms. The maximum Gasteiger partial charge on any atom is 0.416 e. The molecular weight excluding hydrogens is 482 g/mol. The van der Waals surface area contributed by atoms with Crippen LogP contribution < -0.4 is 0 Å². The molecule has 2 rings (SSSR count). The Bertz CT molecular complexity index is 878. The molecule has 0 saturated carbocycles. The molecule has 1 aliphatic rings. The summed E-state index contributed by atoms with van der Waals surface area (Å²) in [4.78, 5) is 27.8. The maximum atomic E-state index is 13.3. The van der Waals surface area contributed by atoms with Crippen LogP contribution in [0.25, 0.3) is 0 Å². The van der Waals surface area contributed by atoms with E-state index in [-0.39, 0.29) is 37.1 Å². The topological polar surface area (TPSA) is 59.1 Å². The summed E-state index contributed by atoms with van der Waals surface area (Å²) >= 11 is 0. The summed E-state index contributed by atoms with van der Waals surface area (Å²) in [5, 5.41) is 0. The second-order valence-electron chi connectivity index (χ2n) is 9.43. The first-order chi connectivity index (χ1) is 16.0. The third-order valence-corrected chi connectivity index (χ3v) is 5.64. The predicted octanol–water partition coefficient (Wildman–Crippen LogP) is 6.47. The largest absolute Gasteiger partial charge is 0.453 e. The first kappa shape index (κ1) is 28.6. The molecule has 0 radical (unpaired) electrons. The zero-order valence-electron chi connectivity index (χ0n) is 20.2. The lowest BCUT2D eigenvalue weighted by molar-refractivity contribution is -0.143. The quantitative estimate of drug-likeness (QED) is 0.434. The number of methoxy groups -OCH3 is 1. The Morgan fingerprint density at radius 1 is 1.03 bits per heavy atom. The van der Waals surface area contributed by atoms with Gasteiger partial charge in [0, 0.05) is 25.2 Å². The fourth-order valence-corrected chi connectivity index (χ4v) is 4.03. The van der Waals surface area contributed by atoms with Gasteiger partial charge in [-0.05, 0) is 63.8 Å². The second kappa shape index (κ2) is 10.5. The molecule has 1 heterocycles. The van der Waals surface area contributed by atoms with Gasteiger partial charge in [0.05, 0.1) is 18.2 Å². The summed E-state index contributed by atoms with van der Waals surface area (Å²) < 4.78 is 89.8. The van der Waals surface area contributed by atoms with Gasteiger partial charge in [-0.3, -0.25) is 0 Å². The van der Waals surface area contributed by atoms with Gasteiger partial charge < -0.3 is 19.3 Å². The maximum absolute atomic E-state index is 13.3. The van der Waals surface area contributed by atoms with E-state index in [0.29, 0.717) is 18.6 Å². The number of nitrogens with zero attached hydrogens (tertiary/aromatic N) is 2. The summed E-state index contributed by atoms with van der Waals surface area (Å²) in [5.41, 5.74) is -3.97. The van der Waals surface area contributed by atoms with E-state index in [4.69, 9.17) is 9.47 Å². The van der Waals surface area contributed by atoms with Crippen molar-refractivity contribution in [3.63, 3.8) is 0 Å². The highest BCUT2D eigenvalue weighted by Gasteiger charge is 2.39. The number of carbonyl (C=O) groups is 2. The summed E-state index contributed by atoms with van der Waals surface area (Å²) in [7, 11) is 1.08. The molecule has 2 atom stereocenters. The number of hydrogen-bond acceptors (Lipinski definition) is 4. The third-order valence-electron chi connectivity index (χ3n) is 5.64. The molecule has 2 amide bonds.